The van der Waals surface area contributed by atoms with Crippen molar-refractivity contribution in [2.75, 3.05) is 13.7 Å². The number of fused-ring (bicyclic) bond motifs is 1. The molecule has 1 aliphatic heterocycles. The van der Waals surface area contributed by atoms with E-state index >= 15 is 0 Å². The zero-order valence-corrected chi connectivity index (χ0v) is 24.9. The molecule has 1 N–H and O–H groups in total. The standard InChI is InChI=1S/C35H40O8/c1-5-6-7-11-18-41-29(36)24(19-23-12-9-8-10-13-23)42-26-15-17-35-25-14-16-34(39)21-33(25,20-22(34)2)27(30(37)40-4)28(35)32(26,3)31(38)43-35/h1,8-10,12-13,15,17,24-28,39H,2,6-7,11,14,16,18-21H2,3-4H3/t24?,25?,26-,27+,28?,32+,33-,34-,35+/m0/s1. The van der Waals surface area contributed by atoms with Gasteiger partial charge in [-0.05, 0) is 68.1 Å². The lowest BCUT2D eigenvalue weighted by molar-refractivity contribution is -0.175. The molecule has 6 rings (SSSR count). The van der Waals surface area contributed by atoms with Gasteiger partial charge in [-0.15, -0.1) is 12.3 Å². The summed E-state index contributed by atoms with van der Waals surface area (Å²) in [6.07, 6.45) is 11.3. The van der Waals surface area contributed by atoms with Crippen molar-refractivity contribution in [2.24, 2.45) is 28.6 Å². The maximum Gasteiger partial charge on any atom is 0.335 e. The molecule has 0 aromatic heterocycles. The first-order valence-electron chi connectivity index (χ1n) is 15.3. The smallest absolute Gasteiger partial charge is 0.335 e. The Morgan fingerprint density at radius 2 is 2.02 bits per heavy atom. The molecule has 1 aromatic carbocycles. The minimum atomic E-state index is -1.29. The summed E-state index contributed by atoms with van der Waals surface area (Å²) in [6.45, 7) is 6.18. The number of aliphatic hydroxyl groups is 1. The largest absolute Gasteiger partial charge is 0.469 e. The number of carbonyl (C=O) groups is 3. The van der Waals surface area contributed by atoms with E-state index in [1.807, 2.05) is 42.5 Å². The van der Waals surface area contributed by atoms with E-state index in [0.717, 1.165) is 17.6 Å². The third-order valence-electron chi connectivity index (χ3n) is 11.1. The van der Waals surface area contributed by atoms with Crippen molar-refractivity contribution >= 4 is 17.9 Å². The molecule has 1 saturated heterocycles. The number of unbranched alkanes of at least 4 members (excludes halogenated alkanes) is 2. The summed E-state index contributed by atoms with van der Waals surface area (Å²) in [5.74, 6) is -0.350. The van der Waals surface area contributed by atoms with E-state index in [2.05, 4.69) is 12.5 Å². The monoisotopic (exact) mass is 588 g/mol. The molecule has 1 heterocycles. The Morgan fingerprint density at radius 1 is 1.26 bits per heavy atom. The summed E-state index contributed by atoms with van der Waals surface area (Å²) in [5, 5.41) is 11.4. The summed E-state index contributed by atoms with van der Waals surface area (Å²) >= 11 is 0. The second kappa shape index (κ2) is 10.6. The fourth-order valence-electron chi connectivity index (χ4n) is 9.20. The Balaban J connectivity index is 1.35. The van der Waals surface area contributed by atoms with Gasteiger partial charge in [0.05, 0.1) is 31.3 Å². The van der Waals surface area contributed by atoms with E-state index < -0.39 is 64.0 Å². The predicted molar refractivity (Wildman–Crippen MR) is 156 cm³/mol. The molecule has 1 spiro atoms. The maximum atomic E-state index is 13.9. The quantitative estimate of drug-likeness (QED) is 0.143. The second-order valence-corrected chi connectivity index (χ2v) is 13.2. The summed E-state index contributed by atoms with van der Waals surface area (Å²) in [6, 6.07) is 9.49. The van der Waals surface area contributed by atoms with Crippen LogP contribution in [0.15, 0.2) is 54.6 Å². The first kappa shape index (κ1) is 29.7. The van der Waals surface area contributed by atoms with Crippen molar-refractivity contribution in [1.29, 1.82) is 0 Å². The second-order valence-electron chi connectivity index (χ2n) is 13.2. The number of rotatable bonds is 10. The van der Waals surface area contributed by atoms with Crippen LogP contribution in [-0.4, -0.2) is 60.1 Å². The van der Waals surface area contributed by atoms with Crippen LogP contribution in [0.5, 0.6) is 0 Å². The van der Waals surface area contributed by atoms with E-state index in [1.54, 1.807) is 6.92 Å². The predicted octanol–water partition coefficient (Wildman–Crippen LogP) is 4.10. The molecule has 5 aliphatic rings. The van der Waals surface area contributed by atoms with Crippen LogP contribution in [0.3, 0.4) is 0 Å². The SMILES string of the molecule is C#CCCCCOC(=O)C(Cc1ccccc1)O[C@H]1C=C[C@]23OC(=O)[C@@]1(C)C2[C@H](C(=O)OC)[C@]12CC(=C)[C@](O)(CCC31)C2. The fraction of sp³-hybridized carbons (Fsp3) is 0.571. The van der Waals surface area contributed by atoms with Gasteiger partial charge in [-0.25, -0.2) is 4.79 Å². The molecule has 3 unspecified atom stereocenters. The molecule has 0 radical (unpaired) electrons. The Kier molecular flexibility index (Phi) is 7.34. The number of hydrogen-bond donors (Lipinski definition) is 1. The highest BCUT2D eigenvalue weighted by Crippen LogP contribution is 2.77. The van der Waals surface area contributed by atoms with Crippen molar-refractivity contribution in [3.63, 3.8) is 0 Å². The Bertz CT molecular complexity index is 1390. The molecule has 9 atom stereocenters. The van der Waals surface area contributed by atoms with Crippen LogP contribution in [0.2, 0.25) is 0 Å². The van der Waals surface area contributed by atoms with E-state index in [4.69, 9.17) is 25.4 Å². The van der Waals surface area contributed by atoms with Crippen LogP contribution in [-0.2, 0) is 39.8 Å². The molecular formula is C35H40O8. The molecular weight excluding hydrogens is 548 g/mol. The molecule has 228 valence electrons. The average molecular weight is 589 g/mol. The number of terminal acetylenes is 1. The zero-order valence-electron chi connectivity index (χ0n) is 24.9. The van der Waals surface area contributed by atoms with Gasteiger partial charge in [-0.3, -0.25) is 9.59 Å². The number of carbonyl (C=O) groups excluding carboxylic acids is 3. The summed E-state index contributed by atoms with van der Waals surface area (Å²) in [7, 11) is 1.35. The average Bonchev–Trinajstić information content (AvgIpc) is 3.41. The van der Waals surface area contributed by atoms with E-state index in [0.29, 0.717) is 38.5 Å². The molecule has 0 amide bonds. The highest BCUT2D eigenvalue weighted by atomic mass is 16.6. The van der Waals surface area contributed by atoms with Gasteiger partial charge in [-0.1, -0.05) is 43.0 Å². The molecule has 43 heavy (non-hydrogen) atoms. The third-order valence-corrected chi connectivity index (χ3v) is 11.1. The lowest BCUT2D eigenvalue weighted by Gasteiger charge is -2.44. The van der Waals surface area contributed by atoms with Crippen molar-refractivity contribution in [1.82, 2.24) is 0 Å². The van der Waals surface area contributed by atoms with Gasteiger partial charge in [0.25, 0.3) is 0 Å². The van der Waals surface area contributed by atoms with Gasteiger partial charge < -0.3 is 24.1 Å². The van der Waals surface area contributed by atoms with Gasteiger partial charge in [0.1, 0.15) is 11.0 Å². The molecule has 4 fully saturated rings. The van der Waals surface area contributed by atoms with Crippen LogP contribution >= 0.6 is 0 Å². The molecule has 4 aliphatic carbocycles. The first-order valence-corrected chi connectivity index (χ1v) is 15.3. The number of benzene rings is 1. The van der Waals surface area contributed by atoms with Crippen molar-refractivity contribution in [3.8, 4) is 12.3 Å². The van der Waals surface area contributed by atoms with Gasteiger partial charge in [0.15, 0.2) is 6.10 Å². The summed E-state index contributed by atoms with van der Waals surface area (Å²) in [5.41, 5.74) is -2.44. The minimum absolute atomic E-state index is 0.190. The Morgan fingerprint density at radius 3 is 2.74 bits per heavy atom. The van der Waals surface area contributed by atoms with Crippen LogP contribution in [0.25, 0.3) is 0 Å². The first-order chi connectivity index (χ1) is 20.6. The third kappa shape index (κ3) is 4.30. The molecule has 4 bridgehead atoms. The molecule has 8 nitrogen and oxygen atoms in total. The van der Waals surface area contributed by atoms with E-state index in [9.17, 15) is 19.5 Å². The van der Waals surface area contributed by atoms with Crippen molar-refractivity contribution in [2.45, 2.75) is 81.7 Å². The van der Waals surface area contributed by atoms with Crippen molar-refractivity contribution < 1.29 is 38.4 Å². The minimum Gasteiger partial charge on any atom is -0.469 e. The van der Waals surface area contributed by atoms with Crippen LogP contribution in [0.1, 0.15) is 57.4 Å². The van der Waals surface area contributed by atoms with E-state index in [1.165, 1.54) is 7.11 Å². The number of methoxy groups -OCH3 is 1. The van der Waals surface area contributed by atoms with Crippen LogP contribution in [0.4, 0.5) is 0 Å². The van der Waals surface area contributed by atoms with Crippen LogP contribution < -0.4 is 0 Å². The lowest BCUT2D eigenvalue weighted by atomic mass is 9.61. The lowest BCUT2D eigenvalue weighted by Crippen LogP contribution is -2.53. The van der Waals surface area contributed by atoms with Gasteiger partial charge >= 0.3 is 17.9 Å². The van der Waals surface area contributed by atoms with Gasteiger partial charge in [0.2, 0.25) is 0 Å². The maximum absolute atomic E-state index is 13.9. The highest BCUT2D eigenvalue weighted by Gasteiger charge is 2.84. The number of ether oxygens (including phenoxy) is 4. The molecule has 3 saturated carbocycles. The van der Waals surface area contributed by atoms with Crippen molar-refractivity contribution in [3.05, 3.63) is 60.2 Å². The number of hydrogen-bond acceptors (Lipinski definition) is 8. The molecule has 8 heteroatoms. The molecule has 1 aromatic rings. The summed E-state index contributed by atoms with van der Waals surface area (Å²) in [4.78, 5) is 41.1. The number of esters is 3. The van der Waals surface area contributed by atoms with Crippen LogP contribution in [0, 0.1) is 40.9 Å². The topological polar surface area (TPSA) is 108 Å². The normalized spacial score (nSPS) is 38.9. The Labute approximate surface area is 252 Å². The zero-order chi connectivity index (χ0) is 30.6. The Hall–Kier alpha value is -3.41. The fourth-order valence-corrected chi connectivity index (χ4v) is 9.20. The highest BCUT2D eigenvalue weighted by molar-refractivity contribution is 5.87. The van der Waals surface area contributed by atoms with E-state index in [-0.39, 0.29) is 18.9 Å². The summed E-state index contributed by atoms with van der Waals surface area (Å²) < 4.78 is 23.9. The van der Waals surface area contributed by atoms with Gasteiger partial charge in [0, 0.05) is 24.7 Å². The van der Waals surface area contributed by atoms with Gasteiger partial charge in [-0.2, -0.15) is 0 Å².